The molecule has 0 spiro atoms. The van der Waals surface area contributed by atoms with Gasteiger partial charge in [-0.25, -0.2) is 0 Å². The molecule has 0 amide bonds. The third-order valence-corrected chi connectivity index (χ3v) is 12.0. The van der Waals surface area contributed by atoms with Gasteiger partial charge < -0.3 is 0 Å². The molecular weight excluding hydrogens is 637 g/mol. The lowest BCUT2D eigenvalue weighted by molar-refractivity contribution is 0.668. The van der Waals surface area contributed by atoms with Crippen molar-refractivity contribution in [2.45, 2.75) is 19.3 Å². The average Bonchev–Trinajstić information content (AvgIpc) is 3.47. The molecule has 248 valence electrons. The molecule has 11 rings (SSSR count). The summed E-state index contributed by atoms with van der Waals surface area (Å²) < 4.78 is 0. The predicted molar refractivity (Wildman–Crippen MR) is 228 cm³/mol. The minimum absolute atomic E-state index is 0.173. The van der Waals surface area contributed by atoms with Gasteiger partial charge in [-0.15, -0.1) is 0 Å². The van der Waals surface area contributed by atoms with Crippen molar-refractivity contribution in [1.82, 2.24) is 0 Å². The van der Waals surface area contributed by atoms with E-state index in [-0.39, 0.29) is 5.41 Å². The van der Waals surface area contributed by atoms with Crippen LogP contribution in [0.1, 0.15) is 25.0 Å². The van der Waals surface area contributed by atoms with Crippen LogP contribution in [0.3, 0.4) is 0 Å². The molecule has 0 atom stereocenters. The van der Waals surface area contributed by atoms with Gasteiger partial charge in [-0.1, -0.05) is 196 Å². The van der Waals surface area contributed by atoms with Crippen LogP contribution in [-0.4, -0.2) is 0 Å². The smallest absolute Gasteiger partial charge is 0.0171 e. The Balaban J connectivity index is 1.11. The lowest BCUT2D eigenvalue weighted by Crippen LogP contribution is -2.17. The Labute approximate surface area is 309 Å². The minimum Gasteiger partial charge on any atom is -0.0616 e. The zero-order chi connectivity index (χ0) is 35.3. The first-order valence-electron chi connectivity index (χ1n) is 18.7. The summed E-state index contributed by atoms with van der Waals surface area (Å²) in [7, 11) is 0. The van der Waals surface area contributed by atoms with Gasteiger partial charge in [0.25, 0.3) is 0 Å². The van der Waals surface area contributed by atoms with E-state index >= 15 is 0 Å². The fraction of sp³-hybridized carbons (Fsp3) is 0.0566. The molecule has 10 aromatic rings. The maximum Gasteiger partial charge on any atom is 0.0171 e. The van der Waals surface area contributed by atoms with Crippen molar-refractivity contribution in [1.29, 1.82) is 0 Å². The zero-order valence-corrected chi connectivity index (χ0v) is 29.8. The lowest BCUT2D eigenvalue weighted by atomic mass is 9.76. The van der Waals surface area contributed by atoms with Crippen LogP contribution in [0.5, 0.6) is 0 Å². The van der Waals surface area contributed by atoms with Crippen LogP contribution in [0.25, 0.3) is 98.4 Å². The van der Waals surface area contributed by atoms with Crippen LogP contribution in [0.15, 0.2) is 182 Å². The molecule has 53 heavy (non-hydrogen) atoms. The molecule has 0 unspecified atom stereocenters. The molecule has 0 N–H and O–H groups in total. The normalized spacial score (nSPS) is 13.2. The van der Waals surface area contributed by atoms with Crippen LogP contribution in [0.2, 0.25) is 0 Å². The summed E-state index contributed by atoms with van der Waals surface area (Å²) in [4.78, 5) is 0. The van der Waals surface area contributed by atoms with Crippen molar-refractivity contribution in [2.24, 2.45) is 0 Å². The van der Waals surface area contributed by atoms with Crippen molar-refractivity contribution in [3.05, 3.63) is 193 Å². The second kappa shape index (κ2) is 11.2. The SMILES string of the molecule is CC1(C)c2c(-c3ccc(-c4c5ccccc5c(-c5cccc6ccccc56)c5ccccc45)cc3)cccc2-c2c1c1ccccc1c1ccccc21. The van der Waals surface area contributed by atoms with E-state index in [1.165, 1.54) is 109 Å². The Morgan fingerprint density at radius 1 is 0.264 bits per heavy atom. The standard InChI is InChI=1S/C53H36/c1-53(2)51-37(26-14-28-47(51)50-41-20-7-5-18-38(41)39-19-6-12-25-46(39)52(50)53)34-29-31-35(32-30-34)48-42-21-8-10-23-44(42)49(45-24-11-9-22-43(45)48)40-27-13-16-33-15-3-4-17-36(33)40/h3-32H,1-2H3. The van der Waals surface area contributed by atoms with Crippen LogP contribution >= 0.6 is 0 Å². The Bertz CT molecular complexity index is 3060. The van der Waals surface area contributed by atoms with E-state index in [4.69, 9.17) is 0 Å². The summed E-state index contributed by atoms with van der Waals surface area (Å²) in [5.41, 5.74) is 13.1. The number of benzene rings is 10. The summed E-state index contributed by atoms with van der Waals surface area (Å²) in [5.74, 6) is 0. The van der Waals surface area contributed by atoms with Gasteiger partial charge >= 0.3 is 0 Å². The van der Waals surface area contributed by atoms with E-state index in [0.29, 0.717) is 0 Å². The van der Waals surface area contributed by atoms with Crippen molar-refractivity contribution in [2.75, 3.05) is 0 Å². The predicted octanol–water partition coefficient (Wildman–Crippen LogP) is 14.8. The summed E-state index contributed by atoms with van der Waals surface area (Å²) in [6, 6.07) is 67.6. The first-order valence-corrected chi connectivity index (χ1v) is 18.7. The monoisotopic (exact) mass is 672 g/mol. The van der Waals surface area contributed by atoms with E-state index in [2.05, 4.69) is 196 Å². The fourth-order valence-corrected chi connectivity index (χ4v) is 9.86. The van der Waals surface area contributed by atoms with E-state index < -0.39 is 0 Å². The second-order valence-corrected chi connectivity index (χ2v) is 15.1. The van der Waals surface area contributed by atoms with Gasteiger partial charge in [0.2, 0.25) is 0 Å². The molecule has 0 fully saturated rings. The molecule has 0 radical (unpaired) electrons. The highest BCUT2D eigenvalue weighted by molar-refractivity contribution is 6.24. The largest absolute Gasteiger partial charge is 0.0616 e. The molecule has 0 bridgehead atoms. The first-order chi connectivity index (χ1) is 26.1. The molecule has 0 heteroatoms. The van der Waals surface area contributed by atoms with E-state index in [9.17, 15) is 0 Å². The number of hydrogen-bond acceptors (Lipinski definition) is 0. The van der Waals surface area contributed by atoms with Crippen molar-refractivity contribution in [3.63, 3.8) is 0 Å². The maximum atomic E-state index is 2.42. The van der Waals surface area contributed by atoms with Gasteiger partial charge in [0.05, 0.1) is 0 Å². The summed E-state index contributed by atoms with van der Waals surface area (Å²) in [6.07, 6.45) is 0. The summed E-state index contributed by atoms with van der Waals surface area (Å²) in [6.45, 7) is 4.85. The Kier molecular flexibility index (Phi) is 6.40. The third-order valence-electron chi connectivity index (χ3n) is 12.0. The van der Waals surface area contributed by atoms with Gasteiger partial charge in [0.15, 0.2) is 0 Å². The molecule has 10 aromatic carbocycles. The summed E-state index contributed by atoms with van der Waals surface area (Å²) >= 11 is 0. The molecule has 0 heterocycles. The first kappa shape index (κ1) is 30.2. The quantitative estimate of drug-likeness (QED) is 0.129. The highest BCUT2D eigenvalue weighted by Gasteiger charge is 2.40. The van der Waals surface area contributed by atoms with Crippen LogP contribution < -0.4 is 0 Å². The van der Waals surface area contributed by atoms with E-state index in [0.717, 1.165) is 0 Å². The van der Waals surface area contributed by atoms with Crippen LogP contribution in [-0.2, 0) is 5.41 Å². The number of rotatable bonds is 3. The molecular formula is C53H36. The third kappa shape index (κ3) is 4.24. The molecule has 0 saturated carbocycles. The number of hydrogen-bond donors (Lipinski definition) is 0. The maximum absolute atomic E-state index is 2.42. The molecule has 1 aliphatic rings. The lowest BCUT2D eigenvalue weighted by Gasteiger charge is -2.26. The minimum atomic E-state index is -0.173. The van der Waals surface area contributed by atoms with Crippen LogP contribution in [0.4, 0.5) is 0 Å². The molecule has 1 aliphatic carbocycles. The van der Waals surface area contributed by atoms with E-state index in [1.54, 1.807) is 0 Å². The van der Waals surface area contributed by atoms with Crippen molar-refractivity contribution < 1.29 is 0 Å². The Morgan fingerprint density at radius 3 is 1.32 bits per heavy atom. The highest BCUT2D eigenvalue weighted by Crippen LogP contribution is 2.57. The van der Waals surface area contributed by atoms with Gasteiger partial charge in [-0.3, -0.25) is 0 Å². The Morgan fingerprint density at radius 2 is 0.679 bits per heavy atom. The van der Waals surface area contributed by atoms with Gasteiger partial charge in [-0.05, 0) is 109 Å². The topological polar surface area (TPSA) is 0 Å². The second-order valence-electron chi connectivity index (χ2n) is 15.1. The van der Waals surface area contributed by atoms with Gasteiger partial charge in [-0.2, -0.15) is 0 Å². The van der Waals surface area contributed by atoms with Crippen molar-refractivity contribution >= 4 is 53.9 Å². The Hall–Kier alpha value is -6.50. The molecule has 0 aliphatic heterocycles. The number of fused-ring (bicyclic) bond motifs is 11. The summed E-state index contributed by atoms with van der Waals surface area (Å²) in [5, 5.41) is 13.0. The highest BCUT2D eigenvalue weighted by atomic mass is 14.4. The van der Waals surface area contributed by atoms with Gasteiger partial charge in [0.1, 0.15) is 0 Å². The van der Waals surface area contributed by atoms with Crippen LogP contribution in [0, 0.1) is 0 Å². The molecule has 0 aromatic heterocycles. The van der Waals surface area contributed by atoms with Crippen molar-refractivity contribution in [3.8, 4) is 44.5 Å². The van der Waals surface area contributed by atoms with E-state index in [1.807, 2.05) is 0 Å². The fourth-order valence-electron chi connectivity index (χ4n) is 9.86. The molecule has 0 nitrogen and oxygen atoms in total. The molecule has 0 saturated heterocycles. The average molecular weight is 673 g/mol. The van der Waals surface area contributed by atoms with Gasteiger partial charge in [0, 0.05) is 5.41 Å². The zero-order valence-electron chi connectivity index (χ0n) is 29.8.